The minimum absolute atomic E-state index is 0.663. The van der Waals surface area contributed by atoms with Crippen LogP contribution in [-0.4, -0.2) is 43.6 Å². The molecule has 1 unspecified atom stereocenters. The highest BCUT2D eigenvalue weighted by Crippen LogP contribution is 2.06. The number of unbranched alkanes of at least 4 members (excludes halogenated alkanes) is 2. The molecule has 0 aliphatic carbocycles. The Kier molecular flexibility index (Phi) is 10.9. The molecule has 1 atom stereocenters. The maximum absolute atomic E-state index is 5.66. The van der Waals surface area contributed by atoms with E-state index >= 15 is 0 Å². The third-order valence-corrected chi connectivity index (χ3v) is 3.14. The van der Waals surface area contributed by atoms with Gasteiger partial charge >= 0.3 is 0 Å². The molecule has 0 aromatic heterocycles. The van der Waals surface area contributed by atoms with Gasteiger partial charge in [0.15, 0.2) is 0 Å². The van der Waals surface area contributed by atoms with Crippen LogP contribution in [0.1, 0.15) is 39.5 Å². The Morgan fingerprint density at radius 2 is 1.93 bits per heavy atom. The average molecular weight is 236 g/mol. The standard InChI is InChI=1S/C12H26ClNO/c1-4-12(2)14(10-11-15-3)9-7-5-6-8-13/h12H,4-11H2,1-3H3. The molecule has 0 saturated carbocycles. The van der Waals surface area contributed by atoms with E-state index in [1.54, 1.807) is 7.11 Å². The van der Waals surface area contributed by atoms with E-state index in [4.69, 9.17) is 16.3 Å². The minimum Gasteiger partial charge on any atom is -0.383 e. The molecule has 92 valence electrons. The summed E-state index contributed by atoms with van der Waals surface area (Å²) in [6.45, 7) is 7.59. The summed E-state index contributed by atoms with van der Waals surface area (Å²) in [5.41, 5.74) is 0. The fraction of sp³-hybridized carbons (Fsp3) is 1.00. The van der Waals surface area contributed by atoms with Crippen LogP contribution in [-0.2, 0) is 4.74 Å². The molecule has 0 saturated heterocycles. The van der Waals surface area contributed by atoms with Gasteiger partial charge in [-0.2, -0.15) is 0 Å². The highest BCUT2D eigenvalue weighted by atomic mass is 35.5. The molecule has 0 amide bonds. The van der Waals surface area contributed by atoms with Crippen molar-refractivity contribution < 1.29 is 4.74 Å². The molecule has 0 rings (SSSR count). The Morgan fingerprint density at radius 1 is 1.20 bits per heavy atom. The number of nitrogens with zero attached hydrogens (tertiary/aromatic N) is 1. The molecule has 0 aliphatic heterocycles. The fourth-order valence-corrected chi connectivity index (χ4v) is 1.79. The van der Waals surface area contributed by atoms with Gasteiger partial charge in [0.2, 0.25) is 0 Å². The van der Waals surface area contributed by atoms with Crippen molar-refractivity contribution in [2.45, 2.75) is 45.6 Å². The van der Waals surface area contributed by atoms with Gasteiger partial charge in [0.25, 0.3) is 0 Å². The van der Waals surface area contributed by atoms with Crippen LogP contribution in [0.5, 0.6) is 0 Å². The first kappa shape index (κ1) is 15.2. The van der Waals surface area contributed by atoms with E-state index in [0.717, 1.165) is 25.5 Å². The molecule has 0 aliphatic rings. The molecule has 0 aromatic rings. The van der Waals surface area contributed by atoms with Crippen molar-refractivity contribution in [3.8, 4) is 0 Å². The van der Waals surface area contributed by atoms with Crippen molar-refractivity contribution in [1.29, 1.82) is 0 Å². The Labute approximate surface area is 99.9 Å². The molecule has 0 fully saturated rings. The van der Waals surface area contributed by atoms with E-state index < -0.39 is 0 Å². The Bertz CT molecular complexity index is 133. The van der Waals surface area contributed by atoms with E-state index in [1.165, 1.54) is 25.8 Å². The summed E-state index contributed by atoms with van der Waals surface area (Å²) in [4.78, 5) is 2.51. The molecule has 0 heterocycles. The second-order valence-corrected chi connectivity index (χ2v) is 4.41. The van der Waals surface area contributed by atoms with Gasteiger partial charge in [-0.1, -0.05) is 13.3 Å². The van der Waals surface area contributed by atoms with Crippen molar-refractivity contribution in [2.24, 2.45) is 0 Å². The van der Waals surface area contributed by atoms with Crippen LogP contribution in [0.4, 0.5) is 0 Å². The molecule has 2 nitrogen and oxygen atoms in total. The Balaban J connectivity index is 3.69. The lowest BCUT2D eigenvalue weighted by molar-refractivity contribution is 0.121. The van der Waals surface area contributed by atoms with Crippen LogP contribution in [0, 0.1) is 0 Å². The number of hydrogen-bond donors (Lipinski definition) is 0. The predicted molar refractivity (Wildman–Crippen MR) is 67.8 cm³/mol. The fourth-order valence-electron chi connectivity index (χ4n) is 1.61. The van der Waals surface area contributed by atoms with E-state index in [-0.39, 0.29) is 0 Å². The summed E-state index contributed by atoms with van der Waals surface area (Å²) in [6, 6.07) is 0.663. The van der Waals surface area contributed by atoms with Crippen molar-refractivity contribution in [2.75, 3.05) is 32.7 Å². The van der Waals surface area contributed by atoms with Gasteiger partial charge in [0, 0.05) is 25.6 Å². The molecule has 3 heteroatoms. The van der Waals surface area contributed by atoms with E-state index in [1.807, 2.05) is 0 Å². The second kappa shape index (κ2) is 10.7. The normalized spacial score (nSPS) is 13.4. The third-order valence-electron chi connectivity index (χ3n) is 2.88. The van der Waals surface area contributed by atoms with E-state index in [2.05, 4.69) is 18.7 Å². The molecular weight excluding hydrogens is 210 g/mol. The van der Waals surface area contributed by atoms with Crippen LogP contribution in [0.3, 0.4) is 0 Å². The quantitative estimate of drug-likeness (QED) is 0.426. The highest BCUT2D eigenvalue weighted by molar-refractivity contribution is 6.17. The summed E-state index contributed by atoms with van der Waals surface area (Å²) < 4.78 is 5.13. The molecule has 0 spiro atoms. The van der Waals surface area contributed by atoms with Gasteiger partial charge in [-0.3, -0.25) is 4.90 Å². The zero-order chi connectivity index (χ0) is 11.5. The van der Waals surface area contributed by atoms with Crippen LogP contribution in [0.15, 0.2) is 0 Å². The minimum atomic E-state index is 0.663. The monoisotopic (exact) mass is 235 g/mol. The van der Waals surface area contributed by atoms with Gasteiger partial charge in [-0.05, 0) is 32.7 Å². The first-order valence-electron chi connectivity index (χ1n) is 6.05. The van der Waals surface area contributed by atoms with Crippen LogP contribution < -0.4 is 0 Å². The van der Waals surface area contributed by atoms with Crippen molar-refractivity contribution in [3.63, 3.8) is 0 Å². The molecular formula is C12H26ClNO. The summed E-state index contributed by atoms with van der Waals surface area (Å²) >= 11 is 5.66. The van der Waals surface area contributed by atoms with Crippen LogP contribution in [0.25, 0.3) is 0 Å². The molecule has 0 bridgehead atoms. The lowest BCUT2D eigenvalue weighted by Gasteiger charge is -2.28. The van der Waals surface area contributed by atoms with Crippen molar-refractivity contribution >= 4 is 11.6 Å². The topological polar surface area (TPSA) is 12.5 Å². The maximum atomic E-state index is 5.66. The number of rotatable bonds is 10. The smallest absolute Gasteiger partial charge is 0.0589 e. The van der Waals surface area contributed by atoms with E-state index in [9.17, 15) is 0 Å². The number of methoxy groups -OCH3 is 1. The van der Waals surface area contributed by atoms with Crippen LogP contribution in [0.2, 0.25) is 0 Å². The Hall–Kier alpha value is 0.210. The SMILES string of the molecule is CCC(C)N(CCCCCCl)CCOC. The molecule has 0 aromatic carbocycles. The maximum Gasteiger partial charge on any atom is 0.0589 e. The lowest BCUT2D eigenvalue weighted by Crippen LogP contribution is -2.36. The highest BCUT2D eigenvalue weighted by Gasteiger charge is 2.10. The van der Waals surface area contributed by atoms with Gasteiger partial charge < -0.3 is 4.74 Å². The third kappa shape index (κ3) is 8.06. The second-order valence-electron chi connectivity index (χ2n) is 4.04. The largest absolute Gasteiger partial charge is 0.383 e. The average Bonchev–Trinajstić information content (AvgIpc) is 2.27. The van der Waals surface area contributed by atoms with E-state index in [0.29, 0.717) is 6.04 Å². The van der Waals surface area contributed by atoms with Crippen LogP contribution >= 0.6 is 11.6 Å². The van der Waals surface area contributed by atoms with Gasteiger partial charge in [-0.25, -0.2) is 0 Å². The zero-order valence-electron chi connectivity index (χ0n) is 10.5. The molecule has 0 radical (unpaired) electrons. The summed E-state index contributed by atoms with van der Waals surface area (Å²) in [5.74, 6) is 0.793. The van der Waals surface area contributed by atoms with Gasteiger partial charge in [0.1, 0.15) is 0 Å². The first-order chi connectivity index (χ1) is 7.26. The number of alkyl halides is 1. The number of halogens is 1. The van der Waals surface area contributed by atoms with Gasteiger partial charge in [-0.15, -0.1) is 11.6 Å². The zero-order valence-corrected chi connectivity index (χ0v) is 11.2. The predicted octanol–water partition coefficient (Wildman–Crippen LogP) is 3.14. The number of hydrogen-bond acceptors (Lipinski definition) is 2. The number of ether oxygens (including phenoxy) is 1. The van der Waals surface area contributed by atoms with Crippen molar-refractivity contribution in [3.05, 3.63) is 0 Å². The summed E-state index contributed by atoms with van der Waals surface area (Å²) in [6.07, 6.45) is 4.84. The lowest BCUT2D eigenvalue weighted by atomic mass is 10.2. The summed E-state index contributed by atoms with van der Waals surface area (Å²) in [7, 11) is 1.77. The Morgan fingerprint density at radius 3 is 2.47 bits per heavy atom. The van der Waals surface area contributed by atoms with Crippen molar-refractivity contribution in [1.82, 2.24) is 4.90 Å². The first-order valence-corrected chi connectivity index (χ1v) is 6.58. The summed E-state index contributed by atoms with van der Waals surface area (Å²) in [5, 5.41) is 0. The van der Waals surface area contributed by atoms with Gasteiger partial charge in [0.05, 0.1) is 6.61 Å². The molecule has 15 heavy (non-hydrogen) atoms. The molecule has 0 N–H and O–H groups in total.